The van der Waals surface area contributed by atoms with Crippen molar-refractivity contribution < 1.29 is 14.4 Å². The summed E-state index contributed by atoms with van der Waals surface area (Å²) in [7, 11) is 0. The second-order valence-corrected chi connectivity index (χ2v) is 7.12. The fourth-order valence-electron chi connectivity index (χ4n) is 3.78. The van der Waals surface area contributed by atoms with Crippen molar-refractivity contribution in [2.75, 3.05) is 24.5 Å². The van der Waals surface area contributed by atoms with Crippen molar-refractivity contribution in [3.05, 3.63) is 59.8 Å². The minimum atomic E-state index is -0.640. The summed E-state index contributed by atoms with van der Waals surface area (Å²) in [5.41, 5.74) is 1.14. The predicted octanol–water partition coefficient (Wildman–Crippen LogP) is 2.44. The number of imide groups is 1. The fraction of sp³-hybridized carbons (Fsp3) is 0.318. The number of benzene rings is 1. The Bertz CT molecular complexity index is 958. The number of carbonyl (C=O) groups is 3. The van der Waals surface area contributed by atoms with Gasteiger partial charge >= 0.3 is 0 Å². The third kappa shape index (κ3) is 3.81. The number of anilines is 1. The van der Waals surface area contributed by atoms with E-state index in [2.05, 4.69) is 9.98 Å². The number of aromatic nitrogens is 1. The average molecular weight is 390 g/mol. The van der Waals surface area contributed by atoms with Crippen LogP contribution in [0.25, 0.3) is 0 Å². The predicted molar refractivity (Wildman–Crippen MR) is 109 cm³/mol. The number of hydrogen-bond donors (Lipinski definition) is 0. The van der Waals surface area contributed by atoms with E-state index in [1.54, 1.807) is 48.8 Å². The molecule has 1 fully saturated rings. The molecule has 2 aromatic rings. The van der Waals surface area contributed by atoms with Crippen molar-refractivity contribution in [2.45, 2.75) is 25.2 Å². The summed E-state index contributed by atoms with van der Waals surface area (Å²) in [5, 5.41) is 0. The van der Waals surface area contributed by atoms with Gasteiger partial charge in [0.05, 0.1) is 5.92 Å². The van der Waals surface area contributed by atoms with E-state index in [-0.39, 0.29) is 17.7 Å². The largest absolute Gasteiger partial charge is 0.343 e. The van der Waals surface area contributed by atoms with Crippen LogP contribution in [0.3, 0.4) is 0 Å². The third-order valence-electron chi connectivity index (χ3n) is 5.24. The normalized spacial score (nSPS) is 19.3. The number of pyridine rings is 1. The number of hydrogen-bond acceptors (Lipinski definition) is 5. The van der Waals surface area contributed by atoms with Crippen LogP contribution >= 0.6 is 0 Å². The molecule has 0 aliphatic carbocycles. The van der Waals surface area contributed by atoms with E-state index in [4.69, 9.17) is 0 Å². The number of carbonyl (C=O) groups excluding carboxylic acids is 3. The highest BCUT2D eigenvalue weighted by atomic mass is 16.2. The first-order valence-corrected chi connectivity index (χ1v) is 9.83. The van der Waals surface area contributed by atoms with Crippen LogP contribution in [0.15, 0.2) is 53.7 Å². The topological polar surface area (TPSA) is 82.9 Å². The zero-order valence-corrected chi connectivity index (χ0v) is 16.0. The fourth-order valence-corrected chi connectivity index (χ4v) is 3.78. The summed E-state index contributed by atoms with van der Waals surface area (Å²) in [6.45, 7) is 2.02. The average Bonchev–Trinajstić information content (AvgIpc) is 3.15. The minimum absolute atomic E-state index is 0.204. The summed E-state index contributed by atoms with van der Waals surface area (Å²) >= 11 is 0. The van der Waals surface area contributed by atoms with E-state index in [1.807, 2.05) is 11.0 Å². The van der Waals surface area contributed by atoms with Crippen molar-refractivity contribution >= 4 is 29.8 Å². The van der Waals surface area contributed by atoms with Gasteiger partial charge in [-0.1, -0.05) is 24.3 Å². The molecule has 1 atom stereocenters. The molecular formula is C22H22N4O3. The van der Waals surface area contributed by atoms with Gasteiger partial charge in [0.2, 0.25) is 11.8 Å². The van der Waals surface area contributed by atoms with Gasteiger partial charge in [-0.25, -0.2) is 9.88 Å². The van der Waals surface area contributed by atoms with Gasteiger partial charge in [0.15, 0.2) is 0 Å². The number of rotatable bonds is 6. The van der Waals surface area contributed by atoms with Crippen molar-refractivity contribution in [1.82, 2.24) is 9.88 Å². The van der Waals surface area contributed by atoms with Gasteiger partial charge in [-0.15, -0.1) is 0 Å². The highest BCUT2D eigenvalue weighted by molar-refractivity contribution is 6.28. The number of likely N-dealkylation sites (tertiary alicyclic amines) is 1. The first-order chi connectivity index (χ1) is 14.2. The summed E-state index contributed by atoms with van der Waals surface area (Å²) < 4.78 is 0. The lowest BCUT2D eigenvalue weighted by Gasteiger charge is -2.30. The zero-order chi connectivity index (χ0) is 20.2. The first kappa shape index (κ1) is 19.0. The third-order valence-corrected chi connectivity index (χ3v) is 5.24. The van der Waals surface area contributed by atoms with Crippen molar-refractivity contribution in [3.8, 4) is 0 Å². The molecule has 3 amide bonds. The highest BCUT2D eigenvalue weighted by Crippen LogP contribution is 2.30. The molecule has 148 valence electrons. The van der Waals surface area contributed by atoms with Crippen LogP contribution in [0.4, 0.5) is 5.82 Å². The molecular weight excluding hydrogens is 368 g/mol. The molecule has 7 heteroatoms. The summed E-state index contributed by atoms with van der Waals surface area (Å²) in [5.74, 6) is -0.857. The summed E-state index contributed by atoms with van der Waals surface area (Å²) in [4.78, 5) is 49.3. The van der Waals surface area contributed by atoms with E-state index in [0.29, 0.717) is 36.5 Å². The van der Waals surface area contributed by atoms with Crippen molar-refractivity contribution in [3.63, 3.8) is 0 Å². The lowest BCUT2D eigenvalue weighted by Crippen LogP contribution is -2.46. The van der Waals surface area contributed by atoms with Gasteiger partial charge in [0.1, 0.15) is 5.82 Å². The molecule has 0 radical (unpaired) electrons. The standard InChI is InChI=1S/C22H22N4O3/c27-20-10-5-13-25(20)14-6-11-23-15-18-16-7-1-2-8-17(16)21(28)26(22(18)29)19-9-3-4-12-24-19/h1-4,7-9,12,15,18H,5-6,10-11,13-14H2/t18-/m1/s1. The summed E-state index contributed by atoms with van der Waals surface area (Å²) in [6.07, 6.45) is 5.48. The molecule has 0 spiro atoms. The minimum Gasteiger partial charge on any atom is -0.343 e. The number of nitrogens with zero attached hydrogens (tertiary/aromatic N) is 4. The van der Waals surface area contributed by atoms with Crippen molar-refractivity contribution in [2.24, 2.45) is 4.99 Å². The molecule has 1 saturated heterocycles. The molecule has 0 bridgehead atoms. The number of aliphatic imine (C=N–C) groups is 1. The van der Waals surface area contributed by atoms with Gasteiger partial charge in [-0.05, 0) is 36.6 Å². The van der Waals surface area contributed by atoms with Gasteiger partial charge in [0, 0.05) is 44.0 Å². The second kappa shape index (κ2) is 8.34. The molecule has 0 saturated carbocycles. The Hall–Kier alpha value is -3.35. The molecule has 2 aliphatic rings. The van der Waals surface area contributed by atoms with E-state index in [0.717, 1.165) is 24.3 Å². The lowest BCUT2D eigenvalue weighted by atomic mass is 9.89. The molecule has 3 heterocycles. The maximum atomic E-state index is 13.1. The van der Waals surface area contributed by atoms with Crippen LogP contribution in [0.1, 0.15) is 41.1 Å². The molecule has 2 aliphatic heterocycles. The zero-order valence-electron chi connectivity index (χ0n) is 16.0. The van der Waals surface area contributed by atoms with Crippen LogP contribution < -0.4 is 4.90 Å². The molecule has 4 rings (SSSR count). The van der Waals surface area contributed by atoms with E-state index in [1.165, 1.54) is 0 Å². The first-order valence-electron chi connectivity index (χ1n) is 9.83. The van der Waals surface area contributed by atoms with Gasteiger partial charge in [-0.2, -0.15) is 0 Å². The maximum absolute atomic E-state index is 13.1. The lowest BCUT2D eigenvalue weighted by molar-refractivity contribution is -0.127. The summed E-state index contributed by atoms with van der Waals surface area (Å²) in [6, 6.07) is 12.2. The Morgan fingerprint density at radius 1 is 1.10 bits per heavy atom. The SMILES string of the molecule is O=C1CCCN1CCCN=C[C@H]1C(=O)N(c2ccccn2)C(=O)c2ccccc21. The highest BCUT2D eigenvalue weighted by Gasteiger charge is 2.39. The Morgan fingerprint density at radius 2 is 1.93 bits per heavy atom. The smallest absolute Gasteiger partial charge is 0.266 e. The number of fused-ring (bicyclic) bond motifs is 1. The Labute approximate surface area is 169 Å². The second-order valence-electron chi connectivity index (χ2n) is 7.12. The molecule has 29 heavy (non-hydrogen) atoms. The van der Waals surface area contributed by atoms with Crippen LogP contribution in [-0.2, 0) is 9.59 Å². The van der Waals surface area contributed by atoms with Crippen molar-refractivity contribution in [1.29, 1.82) is 0 Å². The molecule has 1 aromatic carbocycles. The maximum Gasteiger partial charge on any atom is 0.266 e. The van der Waals surface area contributed by atoms with Gasteiger partial charge in [-0.3, -0.25) is 19.4 Å². The molecule has 1 aromatic heterocycles. The monoisotopic (exact) mass is 390 g/mol. The Balaban J connectivity index is 1.52. The Morgan fingerprint density at radius 3 is 2.69 bits per heavy atom. The molecule has 7 nitrogen and oxygen atoms in total. The Kier molecular flexibility index (Phi) is 5.46. The van der Waals surface area contributed by atoms with Crippen LogP contribution in [-0.4, -0.2) is 53.5 Å². The molecule has 0 unspecified atom stereocenters. The van der Waals surface area contributed by atoms with E-state index >= 15 is 0 Å². The van der Waals surface area contributed by atoms with Crippen LogP contribution in [0, 0.1) is 0 Å². The number of amides is 3. The van der Waals surface area contributed by atoms with Crippen LogP contribution in [0.5, 0.6) is 0 Å². The van der Waals surface area contributed by atoms with Gasteiger partial charge in [0.25, 0.3) is 5.91 Å². The van der Waals surface area contributed by atoms with Crippen LogP contribution in [0.2, 0.25) is 0 Å². The van der Waals surface area contributed by atoms with E-state index < -0.39 is 5.92 Å². The van der Waals surface area contributed by atoms with Gasteiger partial charge < -0.3 is 4.90 Å². The molecule has 0 N–H and O–H groups in total. The van der Waals surface area contributed by atoms with E-state index in [9.17, 15) is 14.4 Å². The quantitative estimate of drug-likeness (QED) is 0.431.